The van der Waals surface area contributed by atoms with Gasteiger partial charge in [0.05, 0.1) is 0 Å². The molecule has 71 valence electrons. The van der Waals surface area contributed by atoms with Crippen molar-refractivity contribution >= 4 is 0 Å². The van der Waals surface area contributed by atoms with Crippen molar-refractivity contribution in [3.05, 3.63) is 35.4 Å². The molecule has 0 aliphatic heterocycles. The summed E-state index contributed by atoms with van der Waals surface area (Å²) in [5.41, 5.74) is 2.75. The second kappa shape index (κ2) is 5.80. The van der Waals surface area contributed by atoms with E-state index >= 15 is 0 Å². The van der Waals surface area contributed by atoms with Crippen LogP contribution in [-0.4, -0.2) is 0 Å². The molecule has 0 nitrogen and oxygen atoms in total. The van der Waals surface area contributed by atoms with Crippen molar-refractivity contribution in [2.75, 3.05) is 0 Å². The second-order valence-electron chi connectivity index (χ2n) is 3.55. The smallest absolute Gasteiger partial charge is 0.0114 e. The minimum absolute atomic E-state index is 1.17. The minimum atomic E-state index is 1.17. The van der Waals surface area contributed by atoms with Gasteiger partial charge in [0.25, 0.3) is 0 Å². The molecule has 0 bridgehead atoms. The summed E-state index contributed by atoms with van der Waals surface area (Å²) < 4.78 is 0. The Balaban J connectivity index is 2.56. The summed E-state index contributed by atoms with van der Waals surface area (Å²) in [6.45, 7) is 4.45. The van der Waals surface area contributed by atoms with Crippen LogP contribution < -0.4 is 0 Å². The van der Waals surface area contributed by atoms with Gasteiger partial charge in [-0.3, -0.25) is 0 Å². The van der Waals surface area contributed by atoms with Crippen molar-refractivity contribution in [3.63, 3.8) is 0 Å². The molecule has 0 spiro atoms. The van der Waals surface area contributed by atoms with Gasteiger partial charge in [-0.25, -0.2) is 0 Å². The van der Waals surface area contributed by atoms with Crippen molar-refractivity contribution in [3.8, 4) is 0 Å². The predicted molar refractivity (Wildman–Crippen MR) is 57.9 cm³/mol. The van der Waals surface area contributed by atoms with Crippen LogP contribution in [0.25, 0.3) is 0 Å². The highest BCUT2D eigenvalue weighted by Gasteiger charge is 1.95. The highest BCUT2D eigenvalue weighted by molar-refractivity contribution is 5.21. The highest BCUT2D eigenvalue weighted by Crippen LogP contribution is 2.09. The maximum absolute atomic E-state index is 3.48. The minimum Gasteiger partial charge on any atom is -0.0654 e. The number of aryl methyl sites for hydroxylation is 2. The van der Waals surface area contributed by atoms with Gasteiger partial charge in [-0.05, 0) is 36.5 Å². The fourth-order valence-electron chi connectivity index (χ4n) is 1.50. The van der Waals surface area contributed by atoms with Crippen LogP contribution in [0, 0.1) is 6.07 Å². The maximum atomic E-state index is 3.48. The molecule has 13 heavy (non-hydrogen) atoms. The zero-order valence-electron chi connectivity index (χ0n) is 8.77. The lowest BCUT2D eigenvalue weighted by atomic mass is 10.0. The van der Waals surface area contributed by atoms with Gasteiger partial charge in [0.2, 0.25) is 0 Å². The molecule has 0 aromatic heterocycles. The van der Waals surface area contributed by atoms with Crippen LogP contribution in [0.15, 0.2) is 18.2 Å². The van der Waals surface area contributed by atoms with Crippen molar-refractivity contribution < 1.29 is 0 Å². The van der Waals surface area contributed by atoms with Gasteiger partial charge < -0.3 is 0 Å². The molecule has 0 saturated carbocycles. The average molecular weight is 175 g/mol. The summed E-state index contributed by atoms with van der Waals surface area (Å²) in [5, 5.41) is 0. The highest BCUT2D eigenvalue weighted by atomic mass is 14.0. The van der Waals surface area contributed by atoms with Crippen LogP contribution in [0.2, 0.25) is 0 Å². The lowest BCUT2D eigenvalue weighted by Crippen LogP contribution is -1.89. The molecule has 0 aliphatic carbocycles. The first-order chi connectivity index (χ1) is 6.36. The summed E-state index contributed by atoms with van der Waals surface area (Å²) in [6, 6.07) is 10.0. The topological polar surface area (TPSA) is 0 Å². The van der Waals surface area contributed by atoms with Gasteiger partial charge >= 0.3 is 0 Å². The second-order valence-corrected chi connectivity index (χ2v) is 3.55. The van der Waals surface area contributed by atoms with Crippen molar-refractivity contribution in [1.29, 1.82) is 0 Å². The molecule has 0 heteroatoms. The van der Waals surface area contributed by atoms with Crippen molar-refractivity contribution in [1.82, 2.24) is 0 Å². The third-order valence-electron chi connectivity index (χ3n) is 2.23. The van der Waals surface area contributed by atoms with Crippen LogP contribution >= 0.6 is 0 Å². The van der Waals surface area contributed by atoms with Crippen LogP contribution in [0.4, 0.5) is 0 Å². The molecular formula is C13H19. The molecule has 0 atom stereocenters. The first kappa shape index (κ1) is 10.3. The number of rotatable bonds is 5. The van der Waals surface area contributed by atoms with Gasteiger partial charge in [0.15, 0.2) is 0 Å². The fourth-order valence-corrected chi connectivity index (χ4v) is 1.50. The molecule has 1 aromatic carbocycles. The normalized spacial score (nSPS) is 10.3. The Morgan fingerprint density at radius 1 is 1.00 bits per heavy atom. The molecule has 1 aromatic rings. The Kier molecular flexibility index (Phi) is 4.59. The first-order valence-electron chi connectivity index (χ1n) is 5.37. The zero-order chi connectivity index (χ0) is 9.52. The van der Waals surface area contributed by atoms with Gasteiger partial charge in [-0.1, -0.05) is 44.9 Å². The maximum Gasteiger partial charge on any atom is -0.0114 e. The van der Waals surface area contributed by atoms with Crippen molar-refractivity contribution in [2.45, 2.75) is 46.0 Å². The van der Waals surface area contributed by atoms with E-state index < -0.39 is 0 Å². The van der Waals surface area contributed by atoms with Crippen LogP contribution in [0.3, 0.4) is 0 Å². The Labute approximate surface area is 82.0 Å². The monoisotopic (exact) mass is 175 g/mol. The average Bonchev–Trinajstić information content (AvgIpc) is 2.16. The molecular weight excluding hydrogens is 156 g/mol. The van der Waals surface area contributed by atoms with E-state index in [-0.39, 0.29) is 0 Å². The molecule has 0 fully saturated rings. The quantitative estimate of drug-likeness (QED) is 0.639. The van der Waals surface area contributed by atoms with E-state index in [1.165, 1.54) is 43.2 Å². The largest absolute Gasteiger partial charge is 0.0654 e. The molecule has 1 rings (SSSR count). The Morgan fingerprint density at radius 3 is 2.31 bits per heavy atom. The SMILES string of the molecule is CCCCc1[c]c(CCC)ccc1. The van der Waals surface area contributed by atoms with Gasteiger partial charge in [-0.15, -0.1) is 0 Å². The third-order valence-corrected chi connectivity index (χ3v) is 2.23. The van der Waals surface area contributed by atoms with E-state index in [2.05, 4.69) is 38.1 Å². The Hall–Kier alpha value is -0.780. The van der Waals surface area contributed by atoms with E-state index in [0.29, 0.717) is 0 Å². The molecule has 0 heterocycles. The van der Waals surface area contributed by atoms with E-state index in [4.69, 9.17) is 0 Å². The Bertz CT molecular complexity index is 238. The van der Waals surface area contributed by atoms with Gasteiger partial charge in [-0.2, -0.15) is 0 Å². The molecule has 1 radical (unpaired) electrons. The fraction of sp³-hybridized carbons (Fsp3) is 0.538. The number of unbranched alkanes of at least 4 members (excludes halogenated alkanes) is 1. The first-order valence-corrected chi connectivity index (χ1v) is 5.37. The third kappa shape index (κ3) is 3.63. The molecule has 0 aliphatic rings. The summed E-state index contributed by atoms with van der Waals surface area (Å²) in [4.78, 5) is 0. The van der Waals surface area contributed by atoms with E-state index in [1.807, 2.05) is 0 Å². The Morgan fingerprint density at radius 2 is 1.69 bits per heavy atom. The summed E-state index contributed by atoms with van der Waals surface area (Å²) in [6.07, 6.45) is 6.12. The summed E-state index contributed by atoms with van der Waals surface area (Å²) in [7, 11) is 0. The van der Waals surface area contributed by atoms with Crippen LogP contribution in [0.1, 0.15) is 44.2 Å². The lowest BCUT2D eigenvalue weighted by molar-refractivity contribution is 0.791. The van der Waals surface area contributed by atoms with Gasteiger partial charge in [0.1, 0.15) is 0 Å². The van der Waals surface area contributed by atoms with Crippen molar-refractivity contribution in [2.24, 2.45) is 0 Å². The summed E-state index contributed by atoms with van der Waals surface area (Å²) >= 11 is 0. The standard InChI is InChI=1S/C13H19/c1-3-5-8-13-10-6-9-12(11-13)7-4-2/h6,9-10H,3-5,7-8H2,1-2H3. The van der Waals surface area contributed by atoms with E-state index in [1.54, 1.807) is 0 Å². The predicted octanol–water partition coefficient (Wildman–Crippen LogP) is 3.78. The number of benzene rings is 1. The summed E-state index contributed by atoms with van der Waals surface area (Å²) in [5.74, 6) is 0. The van der Waals surface area contributed by atoms with Gasteiger partial charge in [0, 0.05) is 0 Å². The van der Waals surface area contributed by atoms with E-state index in [9.17, 15) is 0 Å². The number of hydrogen-bond donors (Lipinski definition) is 0. The number of hydrogen-bond acceptors (Lipinski definition) is 0. The van der Waals surface area contributed by atoms with Crippen LogP contribution in [0.5, 0.6) is 0 Å². The molecule has 0 unspecified atom stereocenters. The molecule has 0 N–H and O–H groups in total. The zero-order valence-corrected chi connectivity index (χ0v) is 8.77. The van der Waals surface area contributed by atoms with Crippen LogP contribution in [-0.2, 0) is 12.8 Å². The molecule has 0 saturated heterocycles. The molecule has 0 amide bonds. The lowest BCUT2D eigenvalue weighted by Gasteiger charge is -2.02. The van der Waals surface area contributed by atoms with E-state index in [0.717, 1.165) is 0 Å².